The number of carbonyl (C=O) groups excluding carboxylic acids is 1. The second kappa shape index (κ2) is 10.0. The Labute approximate surface area is 217 Å². The standard InChI is InChI=1S/C29H40N4O4/c34-24-3-1-22(23-2-4-26(36)31-28(23)24)25(35)17-30-21-5-8-33(9-6-21)10-7-27(37)32-29-14-18-11-19(15-29)13-20(12-18)16-29/h1-4,18-21,25,30,34-35H,5-17H2,(H,31,36)(H,32,37)/t18?,19?,20?,25-,29?/m0/s1. The van der Waals surface area contributed by atoms with Crippen molar-refractivity contribution in [2.45, 2.75) is 75.5 Å². The van der Waals surface area contributed by atoms with Crippen LogP contribution >= 0.6 is 0 Å². The SMILES string of the molecule is O=C(CCN1CCC(NC[C@H](O)c2ccc(O)c3[nH]c(=O)ccc23)CC1)NC12CC3CC(CC(C3)C1)C2. The highest BCUT2D eigenvalue weighted by Crippen LogP contribution is 2.55. The summed E-state index contributed by atoms with van der Waals surface area (Å²) in [7, 11) is 0. The summed E-state index contributed by atoms with van der Waals surface area (Å²) in [5.74, 6) is 2.75. The van der Waals surface area contributed by atoms with Gasteiger partial charge in [0.25, 0.3) is 0 Å². The number of nitrogens with one attached hydrogen (secondary N) is 3. The van der Waals surface area contributed by atoms with Crippen molar-refractivity contribution in [3.05, 3.63) is 40.2 Å². The van der Waals surface area contributed by atoms with E-state index in [-0.39, 0.29) is 22.8 Å². The van der Waals surface area contributed by atoms with Gasteiger partial charge in [-0.25, -0.2) is 0 Å². The number of aliphatic hydroxyl groups is 1. The summed E-state index contributed by atoms with van der Waals surface area (Å²) in [5.41, 5.74) is 0.843. The third-order valence-corrected chi connectivity index (χ3v) is 9.55. The molecular weight excluding hydrogens is 468 g/mol. The molecule has 1 aliphatic heterocycles. The number of H-pyrrole nitrogens is 1. The summed E-state index contributed by atoms with van der Waals surface area (Å²) in [4.78, 5) is 29.5. The minimum Gasteiger partial charge on any atom is -0.506 e. The second-order valence-corrected chi connectivity index (χ2v) is 12.3. The molecule has 0 spiro atoms. The van der Waals surface area contributed by atoms with Crippen LogP contribution in [0.15, 0.2) is 29.1 Å². The first-order chi connectivity index (χ1) is 17.9. The maximum Gasteiger partial charge on any atom is 0.248 e. The zero-order valence-corrected chi connectivity index (χ0v) is 21.5. The molecule has 200 valence electrons. The van der Waals surface area contributed by atoms with Crippen LogP contribution in [0.1, 0.15) is 69.5 Å². The Morgan fingerprint density at radius 1 is 1.05 bits per heavy atom. The number of hydrogen-bond acceptors (Lipinski definition) is 6. The van der Waals surface area contributed by atoms with Crippen LogP contribution in [0.3, 0.4) is 0 Å². The van der Waals surface area contributed by atoms with Crippen LogP contribution in [-0.4, -0.2) is 63.8 Å². The zero-order chi connectivity index (χ0) is 25.6. The topological polar surface area (TPSA) is 118 Å². The van der Waals surface area contributed by atoms with Crippen LogP contribution in [0.4, 0.5) is 0 Å². The normalized spacial score (nSPS) is 30.6. The van der Waals surface area contributed by atoms with Crippen molar-refractivity contribution in [3.8, 4) is 5.75 Å². The van der Waals surface area contributed by atoms with Gasteiger partial charge in [0.15, 0.2) is 0 Å². The molecule has 1 saturated heterocycles. The molecule has 1 aromatic carbocycles. The summed E-state index contributed by atoms with van der Waals surface area (Å²) < 4.78 is 0. The molecule has 8 nitrogen and oxygen atoms in total. The smallest absolute Gasteiger partial charge is 0.248 e. The molecule has 0 unspecified atom stereocenters. The number of benzene rings is 1. The van der Waals surface area contributed by atoms with E-state index in [0.717, 1.165) is 50.2 Å². The second-order valence-electron chi connectivity index (χ2n) is 12.3. The van der Waals surface area contributed by atoms with Gasteiger partial charge < -0.3 is 30.7 Å². The van der Waals surface area contributed by atoms with Gasteiger partial charge in [-0.3, -0.25) is 9.59 Å². The van der Waals surface area contributed by atoms with Crippen molar-refractivity contribution in [2.24, 2.45) is 17.8 Å². The molecule has 8 heteroatoms. The van der Waals surface area contributed by atoms with E-state index in [1.54, 1.807) is 12.1 Å². The predicted molar refractivity (Wildman–Crippen MR) is 142 cm³/mol. The van der Waals surface area contributed by atoms with Crippen molar-refractivity contribution in [1.82, 2.24) is 20.5 Å². The molecular formula is C29H40N4O4. The van der Waals surface area contributed by atoms with Crippen LogP contribution in [0, 0.1) is 17.8 Å². The minimum atomic E-state index is -0.750. The molecule has 1 amide bonds. The molecule has 2 heterocycles. The number of hydrogen-bond donors (Lipinski definition) is 5. The van der Waals surface area contributed by atoms with Crippen LogP contribution in [-0.2, 0) is 4.79 Å². The van der Waals surface area contributed by atoms with E-state index >= 15 is 0 Å². The number of carbonyl (C=O) groups is 1. The Hall–Kier alpha value is -2.42. The zero-order valence-electron chi connectivity index (χ0n) is 21.5. The van der Waals surface area contributed by atoms with Gasteiger partial charge in [0.05, 0.1) is 11.6 Å². The van der Waals surface area contributed by atoms with E-state index in [4.69, 9.17) is 0 Å². The van der Waals surface area contributed by atoms with Gasteiger partial charge in [0, 0.05) is 42.5 Å². The fourth-order valence-electron chi connectivity index (χ4n) is 8.18. The van der Waals surface area contributed by atoms with E-state index in [0.29, 0.717) is 35.5 Å². The molecule has 1 atom stereocenters. The fourth-order valence-corrected chi connectivity index (χ4v) is 8.18. The molecule has 4 bridgehead atoms. The number of fused-ring (bicyclic) bond motifs is 1. The third-order valence-electron chi connectivity index (χ3n) is 9.55. The molecule has 7 rings (SSSR count). The lowest BCUT2D eigenvalue weighted by Gasteiger charge is -2.57. The Kier molecular flexibility index (Phi) is 6.75. The van der Waals surface area contributed by atoms with Crippen molar-refractivity contribution in [2.75, 3.05) is 26.2 Å². The van der Waals surface area contributed by atoms with Gasteiger partial charge in [-0.1, -0.05) is 6.07 Å². The Bertz CT molecular complexity index is 1170. The van der Waals surface area contributed by atoms with Gasteiger partial charge in [-0.2, -0.15) is 0 Å². The highest BCUT2D eigenvalue weighted by atomic mass is 16.3. The summed E-state index contributed by atoms with van der Waals surface area (Å²) in [5, 5.41) is 28.5. The Morgan fingerprint density at radius 3 is 2.41 bits per heavy atom. The van der Waals surface area contributed by atoms with Gasteiger partial charge >= 0.3 is 0 Å². The number of phenols is 1. The number of phenolic OH excluding ortho intramolecular Hbond substituents is 1. The molecule has 0 radical (unpaired) electrons. The number of amides is 1. The quantitative estimate of drug-likeness (QED) is 0.374. The predicted octanol–water partition coefficient (Wildman–Crippen LogP) is 2.80. The molecule has 2 aromatic rings. The van der Waals surface area contributed by atoms with Gasteiger partial charge in [0.1, 0.15) is 5.75 Å². The summed E-state index contributed by atoms with van der Waals surface area (Å²) >= 11 is 0. The largest absolute Gasteiger partial charge is 0.506 e. The highest BCUT2D eigenvalue weighted by Gasteiger charge is 2.51. The van der Waals surface area contributed by atoms with Crippen LogP contribution in [0.2, 0.25) is 0 Å². The summed E-state index contributed by atoms with van der Waals surface area (Å²) in [6, 6.07) is 6.58. The van der Waals surface area contributed by atoms with Crippen molar-refractivity contribution in [3.63, 3.8) is 0 Å². The Balaban J connectivity index is 0.944. The van der Waals surface area contributed by atoms with Crippen LogP contribution in [0.5, 0.6) is 5.75 Å². The first-order valence-electron chi connectivity index (χ1n) is 14.2. The van der Waals surface area contributed by atoms with E-state index in [1.165, 1.54) is 50.7 Å². The van der Waals surface area contributed by atoms with Crippen LogP contribution in [0.25, 0.3) is 10.9 Å². The number of nitrogens with zero attached hydrogens (tertiary/aromatic N) is 1. The number of aromatic amines is 1. The molecule has 4 saturated carbocycles. The molecule has 37 heavy (non-hydrogen) atoms. The first-order valence-corrected chi connectivity index (χ1v) is 14.2. The van der Waals surface area contributed by atoms with Gasteiger partial charge in [0.2, 0.25) is 11.5 Å². The summed E-state index contributed by atoms with van der Waals surface area (Å²) in [6.45, 7) is 3.10. The van der Waals surface area contributed by atoms with E-state index in [1.807, 2.05) is 0 Å². The van der Waals surface area contributed by atoms with E-state index in [2.05, 4.69) is 20.5 Å². The number of likely N-dealkylation sites (tertiary alicyclic amines) is 1. The van der Waals surface area contributed by atoms with Crippen molar-refractivity contribution in [1.29, 1.82) is 0 Å². The number of piperidine rings is 1. The minimum absolute atomic E-state index is 0.00408. The molecule has 5 aliphatic rings. The number of pyridine rings is 1. The number of aliphatic hydroxyl groups excluding tert-OH is 1. The third kappa shape index (κ3) is 5.29. The maximum absolute atomic E-state index is 12.9. The summed E-state index contributed by atoms with van der Waals surface area (Å²) in [6.07, 6.45) is 9.56. The maximum atomic E-state index is 12.9. The van der Waals surface area contributed by atoms with E-state index < -0.39 is 6.10 Å². The lowest BCUT2D eigenvalue weighted by Crippen LogP contribution is -2.60. The number of aromatic nitrogens is 1. The lowest BCUT2D eigenvalue weighted by atomic mass is 9.53. The van der Waals surface area contributed by atoms with Crippen molar-refractivity contribution < 1.29 is 15.0 Å². The average molecular weight is 509 g/mol. The van der Waals surface area contributed by atoms with Crippen molar-refractivity contribution >= 4 is 16.8 Å². The number of aromatic hydroxyl groups is 1. The highest BCUT2D eigenvalue weighted by molar-refractivity contribution is 5.87. The monoisotopic (exact) mass is 508 g/mol. The average Bonchev–Trinajstić information content (AvgIpc) is 2.86. The van der Waals surface area contributed by atoms with E-state index in [9.17, 15) is 19.8 Å². The molecule has 1 aromatic heterocycles. The fraction of sp³-hybridized carbons (Fsp3) is 0.655. The molecule has 4 aliphatic carbocycles. The molecule has 5 N–H and O–H groups in total. The lowest BCUT2D eigenvalue weighted by molar-refractivity contribution is -0.127. The first kappa shape index (κ1) is 24.9. The van der Waals surface area contributed by atoms with Gasteiger partial charge in [-0.15, -0.1) is 0 Å². The van der Waals surface area contributed by atoms with Gasteiger partial charge in [-0.05, 0) is 99.9 Å². The van der Waals surface area contributed by atoms with Crippen LogP contribution < -0.4 is 16.2 Å². The number of rotatable bonds is 8. The molecule has 5 fully saturated rings. The Morgan fingerprint density at radius 2 is 1.73 bits per heavy atom.